The van der Waals surface area contributed by atoms with Gasteiger partial charge in [-0.2, -0.15) is 0 Å². The van der Waals surface area contributed by atoms with E-state index in [-0.39, 0.29) is 5.91 Å². The fourth-order valence-electron chi connectivity index (χ4n) is 2.83. The number of para-hydroxylation sites is 1. The summed E-state index contributed by atoms with van der Waals surface area (Å²) in [6.07, 6.45) is 2.91. The lowest BCUT2D eigenvalue weighted by atomic mass is 9.98. The van der Waals surface area contributed by atoms with E-state index in [1.807, 2.05) is 4.90 Å². The Morgan fingerprint density at radius 2 is 2.00 bits per heavy atom. The fourth-order valence-corrected chi connectivity index (χ4v) is 2.83. The molecule has 1 aliphatic rings. The molecule has 1 N–H and O–H groups in total. The number of amides is 1. The van der Waals surface area contributed by atoms with Crippen molar-refractivity contribution in [2.75, 3.05) is 25.0 Å². The number of benzene rings is 1. The smallest absolute Gasteiger partial charge is 0.224 e. The van der Waals surface area contributed by atoms with Gasteiger partial charge in [-0.3, -0.25) is 4.79 Å². The summed E-state index contributed by atoms with van der Waals surface area (Å²) in [5, 5.41) is 3.47. The third-order valence-corrected chi connectivity index (χ3v) is 4.03. The molecule has 1 amide bonds. The summed E-state index contributed by atoms with van der Waals surface area (Å²) in [7, 11) is 0. The van der Waals surface area contributed by atoms with Crippen molar-refractivity contribution in [2.24, 2.45) is 0 Å². The highest BCUT2D eigenvalue weighted by molar-refractivity contribution is 5.77. The van der Waals surface area contributed by atoms with Gasteiger partial charge in [-0.1, -0.05) is 32.0 Å². The summed E-state index contributed by atoms with van der Waals surface area (Å²) >= 11 is 0. The highest BCUT2D eigenvalue weighted by Crippen LogP contribution is 2.27. The van der Waals surface area contributed by atoms with Crippen LogP contribution in [0.25, 0.3) is 0 Å². The van der Waals surface area contributed by atoms with Gasteiger partial charge in [-0.25, -0.2) is 0 Å². The monoisotopic (exact) mass is 274 g/mol. The summed E-state index contributed by atoms with van der Waals surface area (Å²) < 4.78 is 0. The van der Waals surface area contributed by atoms with Gasteiger partial charge in [-0.15, -0.1) is 0 Å². The van der Waals surface area contributed by atoms with Crippen LogP contribution in [0.15, 0.2) is 18.2 Å². The maximum Gasteiger partial charge on any atom is 0.224 e. The van der Waals surface area contributed by atoms with Crippen LogP contribution in [0.3, 0.4) is 0 Å². The van der Waals surface area contributed by atoms with Crippen molar-refractivity contribution in [1.29, 1.82) is 0 Å². The Morgan fingerprint density at radius 1 is 1.30 bits per heavy atom. The standard InChI is InChI=1S/C17H26N2O/c1-13(2)15-8-6-7-14(3)17(15)18-10-9-16(20)19-11-4-5-12-19/h6-8,13,18H,4-5,9-12H2,1-3H3. The molecular formula is C17H26N2O. The van der Waals surface area contributed by atoms with Crippen LogP contribution in [0.2, 0.25) is 0 Å². The van der Waals surface area contributed by atoms with E-state index in [0.717, 1.165) is 32.5 Å². The normalized spacial score (nSPS) is 14.9. The van der Waals surface area contributed by atoms with Crippen molar-refractivity contribution >= 4 is 11.6 Å². The van der Waals surface area contributed by atoms with Crippen LogP contribution in [-0.2, 0) is 4.79 Å². The molecule has 0 spiro atoms. The number of hydrogen-bond acceptors (Lipinski definition) is 2. The van der Waals surface area contributed by atoms with Gasteiger partial charge in [-0.05, 0) is 36.8 Å². The van der Waals surface area contributed by atoms with Crippen molar-refractivity contribution in [3.63, 3.8) is 0 Å². The Kier molecular flexibility index (Phi) is 5.05. The molecule has 0 atom stereocenters. The molecule has 20 heavy (non-hydrogen) atoms. The van der Waals surface area contributed by atoms with Crippen LogP contribution >= 0.6 is 0 Å². The van der Waals surface area contributed by atoms with Crippen LogP contribution in [0.4, 0.5) is 5.69 Å². The SMILES string of the molecule is Cc1cccc(C(C)C)c1NCCC(=O)N1CCCC1. The second-order valence-electron chi connectivity index (χ2n) is 5.96. The van der Waals surface area contributed by atoms with E-state index in [9.17, 15) is 4.79 Å². The lowest BCUT2D eigenvalue weighted by Crippen LogP contribution is -2.29. The van der Waals surface area contributed by atoms with Gasteiger partial charge in [0.2, 0.25) is 5.91 Å². The molecule has 1 aromatic rings. The average molecular weight is 274 g/mol. The Bertz CT molecular complexity index is 462. The van der Waals surface area contributed by atoms with Crippen LogP contribution in [-0.4, -0.2) is 30.4 Å². The topological polar surface area (TPSA) is 32.3 Å². The molecule has 0 unspecified atom stereocenters. The first-order chi connectivity index (χ1) is 9.59. The number of nitrogens with one attached hydrogen (secondary N) is 1. The summed E-state index contributed by atoms with van der Waals surface area (Å²) in [5.41, 5.74) is 3.79. The van der Waals surface area contributed by atoms with E-state index in [2.05, 4.69) is 44.3 Å². The molecule has 1 saturated heterocycles. The predicted molar refractivity (Wildman–Crippen MR) is 84.2 cm³/mol. The average Bonchev–Trinajstić information content (AvgIpc) is 2.94. The van der Waals surface area contributed by atoms with E-state index < -0.39 is 0 Å². The first-order valence-electron chi connectivity index (χ1n) is 7.70. The molecular weight excluding hydrogens is 248 g/mol. The first kappa shape index (κ1) is 14.9. The molecule has 1 aromatic carbocycles. The minimum atomic E-state index is 0.287. The number of nitrogens with zero attached hydrogens (tertiary/aromatic N) is 1. The Hall–Kier alpha value is -1.51. The molecule has 0 bridgehead atoms. The summed E-state index contributed by atoms with van der Waals surface area (Å²) in [5.74, 6) is 0.779. The van der Waals surface area contributed by atoms with Crippen molar-refractivity contribution < 1.29 is 4.79 Å². The summed E-state index contributed by atoms with van der Waals surface area (Å²) in [6.45, 7) is 9.14. The van der Waals surface area contributed by atoms with E-state index in [0.29, 0.717) is 12.3 Å². The lowest BCUT2D eigenvalue weighted by molar-refractivity contribution is -0.129. The zero-order valence-corrected chi connectivity index (χ0v) is 12.9. The Morgan fingerprint density at radius 3 is 2.65 bits per heavy atom. The highest BCUT2D eigenvalue weighted by Gasteiger charge is 2.17. The molecule has 1 aliphatic heterocycles. The van der Waals surface area contributed by atoms with Crippen LogP contribution in [0.1, 0.15) is 50.2 Å². The predicted octanol–water partition coefficient (Wildman–Crippen LogP) is 3.54. The molecule has 2 rings (SSSR count). The van der Waals surface area contributed by atoms with E-state index >= 15 is 0 Å². The van der Waals surface area contributed by atoms with E-state index in [1.54, 1.807) is 0 Å². The number of carbonyl (C=O) groups excluding carboxylic acids is 1. The van der Waals surface area contributed by atoms with Gasteiger partial charge in [0, 0.05) is 31.7 Å². The largest absolute Gasteiger partial charge is 0.384 e. The number of hydrogen-bond donors (Lipinski definition) is 1. The summed E-state index contributed by atoms with van der Waals surface area (Å²) in [4.78, 5) is 14.0. The van der Waals surface area contributed by atoms with Gasteiger partial charge in [0.05, 0.1) is 0 Å². The molecule has 0 saturated carbocycles. The zero-order chi connectivity index (χ0) is 14.5. The second-order valence-corrected chi connectivity index (χ2v) is 5.96. The molecule has 3 heteroatoms. The maximum absolute atomic E-state index is 12.0. The number of rotatable bonds is 5. The van der Waals surface area contributed by atoms with Crippen molar-refractivity contribution in [3.05, 3.63) is 29.3 Å². The number of likely N-dealkylation sites (tertiary alicyclic amines) is 1. The quantitative estimate of drug-likeness (QED) is 0.890. The molecule has 0 aliphatic carbocycles. The van der Waals surface area contributed by atoms with Crippen molar-refractivity contribution in [3.8, 4) is 0 Å². The Balaban J connectivity index is 1.92. The number of carbonyl (C=O) groups is 1. The van der Waals surface area contributed by atoms with E-state index in [1.165, 1.54) is 16.8 Å². The third-order valence-electron chi connectivity index (χ3n) is 4.03. The fraction of sp³-hybridized carbons (Fsp3) is 0.588. The zero-order valence-electron chi connectivity index (χ0n) is 12.9. The van der Waals surface area contributed by atoms with E-state index in [4.69, 9.17) is 0 Å². The number of anilines is 1. The minimum absolute atomic E-state index is 0.287. The second kappa shape index (κ2) is 6.78. The van der Waals surface area contributed by atoms with Crippen molar-refractivity contribution in [2.45, 2.75) is 46.0 Å². The maximum atomic E-state index is 12.0. The molecule has 1 fully saturated rings. The molecule has 0 radical (unpaired) electrons. The number of aryl methyl sites for hydroxylation is 1. The molecule has 110 valence electrons. The van der Waals surface area contributed by atoms with Crippen LogP contribution < -0.4 is 5.32 Å². The van der Waals surface area contributed by atoms with Gasteiger partial charge < -0.3 is 10.2 Å². The van der Waals surface area contributed by atoms with Gasteiger partial charge in [0.15, 0.2) is 0 Å². The lowest BCUT2D eigenvalue weighted by Gasteiger charge is -2.19. The highest BCUT2D eigenvalue weighted by atomic mass is 16.2. The molecule has 0 aromatic heterocycles. The molecule has 1 heterocycles. The van der Waals surface area contributed by atoms with Gasteiger partial charge in [0.25, 0.3) is 0 Å². The molecule has 3 nitrogen and oxygen atoms in total. The minimum Gasteiger partial charge on any atom is -0.384 e. The van der Waals surface area contributed by atoms with Gasteiger partial charge >= 0.3 is 0 Å². The van der Waals surface area contributed by atoms with Gasteiger partial charge in [0.1, 0.15) is 0 Å². The Labute approximate surface area is 122 Å². The van der Waals surface area contributed by atoms with Crippen LogP contribution in [0.5, 0.6) is 0 Å². The van der Waals surface area contributed by atoms with Crippen LogP contribution in [0, 0.1) is 6.92 Å². The summed E-state index contributed by atoms with van der Waals surface area (Å²) in [6, 6.07) is 6.39. The van der Waals surface area contributed by atoms with Crippen molar-refractivity contribution in [1.82, 2.24) is 4.90 Å². The first-order valence-corrected chi connectivity index (χ1v) is 7.70. The third kappa shape index (κ3) is 3.53.